The average molecular weight is 284 g/mol. The van der Waals surface area contributed by atoms with Crippen molar-refractivity contribution < 1.29 is 15.0 Å². The van der Waals surface area contributed by atoms with Crippen molar-refractivity contribution in [3.63, 3.8) is 0 Å². The first-order chi connectivity index (χ1) is 9.70. The molecule has 20 heavy (non-hydrogen) atoms. The fourth-order valence-corrected chi connectivity index (χ4v) is 3.72. The van der Waals surface area contributed by atoms with Crippen LogP contribution in [0.5, 0.6) is 0 Å². The standard InChI is InChI=1S/C15H28N2O3/c18-11-7-13-4-1-2-9-17(13)14-5-3-8-16(12-14)10-6-15(19)20/h13-14,18H,1-12H2,(H,19,20). The first kappa shape index (κ1) is 15.7. The molecule has 0 amide bonds. The molecule has 5 heteroatoms. The summed E-state index contributed by atoms with van der Waals surface area (Å²) >= 11 is 0. The number of nitrogens with zero attached hydrogens (tertiary/aromatic N) is 2. The van der Waals surface area contributed by atoms with Gasteiger partial charge in [-0.15, -0.1) is 0 Å². The number of hydrogen-bond acceptors (Lipinski definition) is 4. The van der Waals surface area contributed by atoms with E-state index in [0.717, 1.165) is 32.5 Å². The van der Waals surface area contributed by atoms with E-state index in [0.29, 0.717) is 18.6 Å². The summed E-state index contributed by atoms with van der Waals surface area (Å²) in [6, 6.07) is 1.08. The molecule has 2 aliphatic heterocycles. The maximum atomic E-state index is 10.7. The molecule has 5 nitrogen and oxygen atoms in total. The molecule has 0 radical (unpaired) electrons. The Morgan fingerprint density at radius 2 is 2.00 bits per heavy atom. The molecule has 2 N–H and O–H groups in total. The van der Waals surface area contributed by atoms with Gasteiger partial charge in [0, 0.05) is 31.8 Å². The van der Waals surface area contributed by atoms with E-state index < -0.39 is 5.97 Å². The molecule has 0 aliphatic carbocycles. The molecule has 116 valence electrons. The summed E-state index contributed by atoms with van der Waals surface area (Å²) in [4.78, 5) is 15.6. The molecule has 0 aromatic rings. The van der Waals surface area contributed by atoms with Gasteiger partial charge < -0.3 is 15.1 Å². The Hall–Kier alpha value is -0.650. The number of aliphatic carboxylic acids is 1. The van der Waals surface area contributed by atoms with Gasteiger partial charge in [-0.2, -0.15) is 0 Å². The van der Waals surface area contributed by atoms with Crippen molar-refractivity contribution in [3.8, 4) is 0 Å². The number of aliphatic hydroxyl groups is 1. The Bertz CT molecular complexity index is 309. The topological polar surface area (TPSA) is 64.0 Å². The summed E-state index contributed by atoms with van der Waals surface area (Å²) in [5.41, 5.74) is 0. The van der Waals surface area contributed by atoms with E-state index in [1.54, 1.807) is 0 Å². The molecule has 2 rings (SSSR count). The van der Waals surface area contributed by atoms with Gasteiger partial charge in [0.1, 0.15) is 0 Å². The number of carboxylic acids is 1. The molecule has 0 aromatic carbocycles. The van der Waals surface area contributed by atoms with Crippen LogP contribution in [0.2, 0.25) is 0 Å². The first-order valence-corrected chi connectivity index (χ1v) is 8.01. The Morgan fingerprint density at radius 3 is 2.75 bits per heavy atom. The fourth-order valence-electron chi connectivity index (χ4n) is 3.72. The number of carboxylic acid groups (broad SMARTS) is 1. The van der Waals surface area contributed by atoms with Crippen LogP contribution in [-0.4, -0.2) is 70.9 Å². The number of aliphatic hydroxyl groups excluding tert-OH is 1. The van der Waals surface area contributed by atoms with Crippen LogP contribution in [0, 0.1) is 0 Å². The number of likely N-dealkylation sites (tertiary alicyclic amines) is 2. The summed E-state index contributed by atoms with van der Waals surface area (Å²) in [6.45, 7) is 4.11. The zero-order valence-electron chi connectivity index (χ0n) is 12.3. The van der Waals surface area contributed by atoms with Gasteiger partial charge in [-0.1, -0.05) is 6.42 Å². The second kappa shape index (κ2) is 7.96. The van der Waals surface area contributed by atoms with Crippen LogP contribution in [0.25, 0.3) is 0 Å². The highest BCUT2D eigenvalue weighted by Crippen LogP contribution is 2.26. The van der Waals surface area contributed by atoms with Crippen LogP contribution < -0.4 is 0 Å². The quantitative estimate of drug-likeness (QED) is 0.766. The van der Waals surface area contributed by atoms with Gasteiger partial charge >= 0.3 is 5.97 Å². The Kier molecular flexibility index (Phi) is 6.26. The van der Waals surface area contributed by atoms with Crippen molar-refractivity contribution >= 4 is 5.97 Å². The van der Waals surface area contributed by atoms with Gasteiger partial charge in [0.05, 0.1) is 6.42 Å². The molecule has 2 saturated heterocycles. The predicted molar refractivity (Wildman–Crippen MR) is 77.8 cm³/mol. The third kappa shape index (κ3) is 4.43. The van der Waals surface area contributed by atoms with Gasteiger partial charge in [0.15, 0.2) is 0 Å². The van der Waals surface area contributed by atoms with E-state index >= 15 is 0 Å². The summed E-state index contributed by atoms with van der Waals surface area (Å²) in [7, 11) is 0. The number of hydrogen-bond donors (Lipinski definition) is 2. The zero-order chi connectivity index (χ0) is 14.4. The zero-order valence-corrected chi connectivity index (χ0v) is 12.3. The van der Waals surface area contributed by atoms with E-state index in [2.05, 4.69) is 9.80 Å². The maximum Gasteiger partial charge on any atom is 0.304 e. The minimum atomic E-state index is -0.705. The molecule has 2 fully saturated rings. The van der Waals surface area contributed by atoms with Crippen LogP contribution in [0.15, 0.2) is 0 Å². The third-order valence-electron chi connectivity index (χ3n) is 4.73. The monoisotopic (exact) mass is 284 g/mol. The third-order valence-corrected chi connectivity index (χ3v) is 4.73. The number of carbonyl (C=O) groups is 1. The van der Waals surface area contributed by atoms with Crippen molar-refractivity contribution in [2.75, 3.05) is 32.8 Å². The molecule has 0 aromatic heterocycles. The van der Waals surface area contributed by atoms with Crippen LogP contribution in [0.1, 0.15) is 44.9 Å². The molecule has 0 saturated carbocycles. The molecule has 2 aliphatic rings. The average Bonchev–Trinajstić information content (AvgIpc) is 2.46. The molecule has 2 atom stereocenters. The Morgan fingerprint density at radius 1 is 1.15 bits per heavy atom. The lowest BCUT2D eigenvalue weighted by Crippen LogP contribution is -2.53. The highest BCUT2D eigenvalue weighted by Gasteiger charge is 2.31. The lowest BCUT2D eigenvalue weighted by molar-refractivity contribution is -0.137. The summed E-state index contributed by atoms with van der Waals surface area (Å²) in [6.07, 6.45) is 7.23. The maximum absolute atomic E-state index is 10.7. The van der Waals surface area contributed by atoms with Crippen molar-refractivity contribution in [1.82, 2.24) is 9.80 Å². The van der Waals surface area contributed by atoms with Crippen LogP contribution >= 0.6 is 0 Å². The van der Waals surface area contributed by atoms with Crippen LogP contribution in [-0.2, 0) is 4.79 Å². The van der Waals surface area contributed by atoms with Gasteiger partial charge in [-0.25, -0.2) is 0 Å². The SMILES string of the molecule is O=C(O)CCN1CCCC(N2CCCCC2CCO)C1. The van der Waals surface area contributed by atoms with Crippen LogP contribution in [0.3, 0.4) is 0 Å². The van der Waals surface area contributed by atoms with E-state index in [1.807, 2.05) is 0 Å². The molecule has 2 heterocycles. The summed E-state index contributed by atoms with van der Waals surface area (Å²) in [5, 5.41) is 18.0. The van der Waals surface area contributed by atoms with Crippen molar-refractivity contribution in [2.24, 2.45) is 0 Å². The minimum Gasteiger partial charge on any atom is -0.481 e. The van der Waals surface area contributed by atoms with Gasteiger partial charge in [-0.05, 0) is 45.2 Å². The lowest BCUT2D eigenvalue weighted by atomic mass is 9.94. The number of rotatable bonds is 6. The van der Waals surface area contributed by atoms with E-state index in [9.17, 15) is 9.90 Å². The highest BCUT2D eigenvalue weighted by atomic mass is 16.4. The molecule has 0 bridgehead atoms. The normalized spacial score (nSPS) is 29.4. The second-order valence-electron chi connectivity index (χ2n) is 6.14. The predicted octanol–water partition coefficient (Wildman–Crippen LogP) is 1.16. The summed E-state index contributed by atoms with van der Waals surface area (Å²) < 4.78 is 0. The number of piperidine rings is 2. The Labute approximate surface area is 121 Å². The van der Waals surface area contributed by atoms with Gasteiger partial charge in [-0.3, -0.25) is 9.69 Å². The van der Waals surface area contributed by atoms with Crippen molar-refractivity contribution in [2.45, 2.75) is 57.0 Å². The second-order valence-corrected chi connectivity index (χ2v) is 6.14. The van der Waals surface area contributed by atoms with Crippen LogP contribution in [0.4, 0.5) is 0 Å². The summed E-state index contributed by atoms with van der Waals surface area (Å²) in [5.74, 6) is -0.705. The minimum absolute atomic E-state index is 0.243. The smallest absolute Gasteiger partial charge is 0.304 e. The first-order valence-electron chi connectivity index (χ1n) is 8.01. The fraction of sp³-hybridized carbons (Fsp3) is 0.933. The molecular weight excluding hydrogens is 256 g/mol. The molecule has 2 unspecified atom stereocenters. The highest BCUT2D eigenvalue weighted by molar-refractivity contribution is 5.66. The Balaban J connectivity index is 1.87. The van der Waals surface area contributed by atoms with Crippen molar-refractivity contribution in [1.29, 1.82) is 0 Å². The van der Waals surface area contributed by atoms with Gasteiger partial charge in [0.2, 0.25) is 0 Å². The lowest BCUT2D eigenvalue weighted by Gasteiger charge is -2.45. The van der Waals surface area contributed by atoms with E-state index in [4.69, 9.17) is 5.11 Å². The molecular formula is C15H28N2O3. The van der Waals surface area contributed by atoms with Crippen molar-refractivity contribution in [3.05, 3.63) is 0 Å². The van der Waals surface area contributed by atoms with E-state index in [1.165, 1.54) is 25.7 Å². The largest absolute Gasteiger partial charge is 0.481 e. The van der Waals surface area contributed by atoms with E-state index in [-0.39, 0.29) is 13.0 Å². The molecule has 0 spiro atoms. The van der Waals surface area contributed by atoms with Gasteiger partial charge in [0.25, 0.3) is 0 Å².